The van der Waals surface area contributed by atoms with Gasteiger partial charge in [-0.05, 0) is 56.0 Å². The van der Waals surface area contributed by atoms with Crippen LogP contribution in [0.5, 0.6) is 5.75 Å². The molecule has 1 N–H and O–H groups in total. The van der Waals surface area contributed by atoms with E-state index in [4.69, 9.17) is 4.74 Å². The summed E-state index contributed by atoms with van der Waals surface area (Å²) in [7, 11) is 2.12. The molecule has 268 valence electrons. The molecular formula is C35H45F3N10O2. The number of hydrogen-bond donors (Lipinski definition) is 1. The van der Waals surface area contributed by atoms with Gasteiger partial charge in [-0.2, -0.15) is 23.5 Å². The lowest BCUT2D eigenvalue weighted by Crippen LogP contribution is -2.71. The number of fused-ring (bicyclic) bond motifs is 3. The highest BCUT2D eigenvalue weighted by Gasteiger charge is 2.51. The number of aromatic nitrogens is 2. The van der Waals surface area contributed by atoms with Crippen LogP contribution in [-0.4, -0.2) is 162 Å². The van der Waals surface area contributed by atoms with Crippen LogP contribution in [0.4, 0.5) is 13.2 Å². The number of likely N-dealkylation sites (N-methyl/N-ethyl adjacent to an activating group) is 1. The van der Waals surface area contributed by atoms with Gasteiger partial charge in [0.15, 0.2) is 0 Å². The molecule has 7 aliphatic rings. The molecule has 15 heteroatoms. The van der Waals surface area contributed by atoms with Gasteiger partial charge in [-0.15, -0.1) is 0 Å². The number of pyridine rings is 1. The molecule has 6 saturated heterocycles. The molecule has 0 saturated carbocycles. The first-order valence-electron chi connectivity index (χ1n) is 17.8. The first-order chi connectivity index (χ1) is 24.1. The number of rotatable bonds is 8. The Hall–Kier alpha value is -3.84. The van der Waals surface area contributed by atoms with E-state index in [-0.39, 0.29) is 36.5 Å². The zero-order valence-electron chi connectivity index (χ0n) is 28.5. The zero-order chi connectivity index (χ0) is 34.6. The van der Waals surface area contributed by atoms with Gasteiger partial charge in [0.1, 0.15) is 24.2 Å². The Labute approximate surface area is 290 Å². The third-order valence-electron chi connectivity index (χ3n) is 11.7. The molecular weight excluding hydrogens is 649 g/mol. The van der Waals surface area contributed by atoms with E-state index in [1.54, 1.807) is 16.9 Å². The molecule has 6 fully saturated rings. The number of piperazine rings is 2. The van der Waals surface area contributed by atoms with Gasteiger partial charge in [0.05, 0.1) is 42.1 Å². The number of ether oxygens (including phenoxy) is 1. The first-order valence-corrected chi connectivity index (χ1v) is 17.8. The fourth-order valence-corrected chi connectivity index (χ4v) is 8.88. The number of carbonyl (C=O) groups excluding carboxylic acids is 1. The zero-order valence-corrected chi connectivity index (χ0v) is 28.5. The molecule has 12 nitrogen and oxygen atoms in total. The van der Waals surface area contributed by atoms with Crippen LogP contribution in [0.2, 0.25) is 0 Å². The number of nitrogens with zero attached hydrogens (tertiary/aromatic N) is 9. The van der Waals surface area contributed by atoms with Crippen LogP contribution in [0.25, 0.3) is 11.1 Å². The summed E-state index contributed by atoms with van der Waals surface area (Å²) in [5, 5.41) is 17.9. The van der Waals surface area contributed by atoms with Crippen molar-refractivity contribution >= 4 is 17.0 Å². The maximum atomic E-state index is 13.3. The standard InChI is InChI=1S/C35H45F3N10O2/c1-42-8-10-43(11-9-42)22-32(49)48-27-14-28(48)20-45(19-27)31-3-2-25(17-40-31)30-15-29(21-47-33(30)26(16-39)18-41-47)50-13-12-44-6-4-34(23-44)5-7-46(24-34)35(36,37)38/h2-3,15,18,21,27-28,40H,4-14,17,19-20,22-24H2,1H3. The van der Waals surface area contributed by atoms with Crippen LogP contribution in [-0.2, 0) is 4.79 Å². The first kappa shape index (κ1) is 33.3. The summed E-state index contributed by atoms with van der Waals surface area (Å²) in [4.78, 5) is 25.1. The van der Waals surface area contributed by atoms with Crippen molar-refractivity contribution < 1.29 is 22.7 Å². The van der Waals surface area contributed by atoms with Crippen molar-refractivity contribution in [3.05, 3.63) is 47.6 Å². The lowest BCUT2D eigenvalue weighted by Gasteiger charge is -2.57. The van der Waals surface area contributed by atoms with Crippen LogP contribution in [0.1, 0.15) is 30.4 Å². The van der Waals surface area contributed by atoms with E-state index in [0.29, 0.717) is 55.4 Å². The van der Waals surface area contributed by atoms with Crippen molar-refractivity contribution in [2.24, 2.45) is 5.41 Å². The second-order valence-electron chi connectivity index (χ2n) is 15.0. The van der Waals surface area contributed by atoms with Crippen molar-refractivity contribution in [3.63, 3.8) is 0 Å². The maximum Gasteiger partial charge on any atom is 0.459 e. The van der Waals surface area contributed by atoms with Gasteiger partial charge in [-0.1, -0.05) is 6.08 Å². The molecule has 7 aliphatic heterocycles. The van der Waals surface area contributed by atoms with Gasteiger partial charge < -0.3 is 24.8 Å². The van der Waals surface area contributed by atoms with E-state index >= 15 is 0 Å². The van der Waals surface area contributed by atoms with E-state index in [1.165, 1.54) is 0 Å². The number of amides is 1. The highest BCUT2D eigenvalue weighted by molar-refractivity contribution is 5.84. The Balaban J connectivity index is 0.900. The maximum absolute atomic E-state index is 13.3. The molecule has 9 rings (SSSR count). The summed E-state index contributed by atoms with van der Waals surface area (Å²) >= 11 is 0. The number of nitrogens with one attached hydrogen (secondary N) is 1. The van der Waals surface area contributed by atoms with E-state index in [0.717, 1.165) is 81.1 Å². The lowest BCUT2D eigenvalue weighted by atomic mass is 9.86. The largest absolute Gasteiger partial charge is 0.491 e. The quantitative estimate of drug-likeness (QED) is 0.413. The molecule has 1 spiro atoms. The summed E-state index contributed by atoms with van der Waals surface area (Å²) < 4.78 is 47.7. The van der Waals surface area contributed by atoms with Gasteiger partial charge in [-0.3, -0.25) is 14.6 Å². The van der Waals surface area contributed by atoms with Gasteiger partial charge in [0.25, 0.3) is 0 Å². The second kappa shape index (κ2) is 13.0. The molecule has 3 unspecified atom stereocenters. The average molecular weight is 695 g/mol. The van der Waals surface area contributed by atoms with Gasteiger partial charge >= 0.3 is 6.30 Å². The molecule has 2 aromatic rings. The van der Waals surface area contributed by atoms with Crippen molar-refractivity contribution in [1.82, 2.24) is 44.3 Å². The predicted octanol–water partition coefficient (Wildman–Crippen LogP) is 1.86. The van der Waals surface area contributed by atoms with Crippen molar-refractivity contribution in [3.8, 4) is 11.8 Å². The number of dihydropyridines is 1. The normalized spacial score (nSPS) is 28.1. The Morgan fingerprint density at radius 2 is 1.86 bits per heavy atom. The summed E-state index contributed by atoms with van der Waals surface area (Å²) in [6.07, 6.45) is 5.63. The van der Waals surface area contributed by atoms with Crippen LogP contribution in [0.15, 0.2) is 36.4 Å². The number of carbonyl (C=O) groups is 1. The SMILES string of the molecule is CN1CCN(CC(=O)N2C3CC2CN(C2=CC=C(c4cc(OCCN5CCC6(CCN(C(F)(F)F)C6)C5)cn5ncc(C#N)c45)CN2)C3)CC1. The third-order valence-corrected chi connectivity index (χ3v) is 11.7. The predicted molar refractivity (Wildman–Crippen MR) is 180 cm³/mol. The fraction of sp³-hybridized carbons (Fsp3) is 0.629. The molecule has 9 heterocycles. The number of piperidine rings is 1. The highest BCUT2D eigenvalue weighted by atomic mass is 19.4. The van der Waals surface area contributed by atoms with E-state index < -0.39 is 6.30 Å². The van der Waals surface area contributed by atoms with Crippen molar-refractivity contribution in [2.75, 3.05) is 98.7 Å². The second-order valence-corrected chi connectivity index (χ2v) is 15.0. The van der Waals surface area contributed by atoms with Gasteiger partial charge in [0, 0.05) is 77.6 Å². The number of likely N-dealkylation sites (tertiary alicyclic amines) is 2. The molecule has 2 aromatic heterocycles. The number of allylic oxidation sites excluding steroid dienone is 2. The number of nitriles is 1. The highest BCUT2D eigenvalue weighted by Crippen LogP contribution is 2.43. The monoisotopic (exact) mass is 694 g/mol. The molecule has 2 bridgehead atoms. The summed E-state index contributed by atoms with van der Waals surface area (Å²) in [6, 6.07) is 4.69. The van der Waals surface area contributed by atoms with Crippen molar-refractivity contribution in [1.29, 1.82) is 5.26 Å². The minimum Gasteiger partial charge on any atom is -0.491 e. The number of halogens is 3. The molecule has 0 aromatic carbocycles. The average Bonchev–Trinajstić information content (AvgIpc) is 3.84. The number of hydrogen-bond acceptors (Lipinski definition) is 10. The third kappa shape index (κ3) is 6.42. The summed E-state index contributed by atoms with van der Waals surface area (Å²) in [5.41, 5.74) is 2.76. The van der Waals surface area contributed by atoms with E-state index in [1.807, 2.05) is 6.07 Å². The van der Waals surface area contributed by atoms with E-state index in [9.17, 15) is 23.2 Å². The summed E-state index contributed by atoms with van der Waals surface area (Å²) in [5.74, 6) is 1.90. The number of alkyl halides is 3. The summed E-state index contributed by atoms with van der Waals surface area (Å²) in [6.45, 7) is 9.13. The Bertz CT molecular complexity index is 1710. The minimum absolute atomic E-state index is 0.0714. The lowest BCUT2D eigenvalue weighted by molar-refractivity contribution is -0.240. The van der Waals surface area contributed by atoms with Crippen LogP contribution < -0.4 is 10.1 Å². The molecule has 50 heavy (non-hydrogen) atoms. The molecule has 0 radical (unpaired) electrons. The molecule has 1 amide bonds. The van der Waals surface area contributed by atoms with Gasteiger partial charge in [0.2, 0.25) is 5.91 Å². The topological polar surface area (TPSA) is 98.9 Å². The fourth-order valence-electron chi connectivity index (χ4n) is 8.88. The van der Waals surface area contributed by atoms with Crippen molar-refractivity contribution in [2.45, 2.75) is 37.6 Å². The Morgan fingerprint density at radius 3 is 2.56 bits per heavy atom. The van der Waals surface area contributed by atoms with E-state index in [2.05, 4.69) is 60.2 Å². The van der Waals surface area contributed by atoms with Crippen LogP contribution >= 0.6 is 0 Å². The van der Waals surface area contributed by atoms with Crippen LogP contribution in [0, 0.1) is 16.7 Å². The van der Waals surface area contributed by atoms with Crippen LogP contribution in [0.3, 0.4) is 0 Å². The smallest absolute Gasteiger partial charge is 0.459 e. The Kier molecular flexibility index (Phi) is 8.69. The minimum atomic E-state index is -4.27. The molecule has 0 aliphatic carbocycles. The Morgan fingerprint density at radius 1 is 1.08 bits per heavy atom. The van der Waals surface area contributed by atoms with Gasteiger partial charge in [-0.25, -0.2) is 9.42 Å². The molecule has 3 atom stereocenters.